The molecule has 6 rings (SSSR count). The fourth-order valence-electron chi connectivity index (χ4n) is 16.2. The lowest BCUT2D eigenvalue weighted by molar-refractivity contribution is -0.143. The molecule has 0 aliphatic carbocycles. The molecule has 9 amide bonds. The maximum absolute atomic E-state index is 14.2. The Bertz CT molecular complexity index is 4480. The van der Waals surface area contributed by atoms with Crippen molar-refractivity contribution in [2.75, 3.05) is 54.5 Å². The number of nitrogens with two attached hydrogens (primary N) is 1. The number of aliphatic carboxylic acids is 1. The molecule has 0 aromatic heterocycles. The summed E-state index contributed by atoms with van der Waals surface area (Å²) in [5.74, 6) is -11.6. The average Bonchev–Trinajstić information content (AvgIpc) is 0.788. The van der Waals surface area contributed by atoms with Crippen LogP contribution in [0.15, 0.2) is 72.8 Å². The standard InChI is InChI=1S/C51H77N5O11.C48H70N4O11.C3H9NO/c1-7-8-9-10-11-12-13-14-15-16-17-18-19-20-46(63)55(5)41(32-57)51(67)53-35(4)42(59)25-26-47(64)56(6)48-37-22-24-44(61)39(30-37)38-28-36(21-23-43(38)60)29-40(50(66)52-31-34(3)58)54-49(65)33(2)27-45(48)62;1-6-7-8-9-10-11-12-13-14-15-16-17-18-19-43(58)51(4)38(30-53)47(61)49-32(3)39(54)24-25-44(59)52(5)45-34-21-23-41(56)36(29-34)35-27-33(20-22-40(35)55)28-37(48(62)63)50-46(60)31(2)26-42(45)57;1-3(5)2-4/h21-24,28,30,33-35,40-41,48,57-58,60-61H,7-20,25-27,29,31-32H2,1-6H3,(H,52,66)(H,53,67)(H,54,65);20-23,27,29,31-32,37-38,45,53,55-56H,6-19,24-26,28,30H2,1-5H3,(H,49,61)(H,50,60)(H,62,63);3,5H,2,4H2,1H3/t33-,34+,35-,40+,41-,48+;31-,32-,37+,38-,45+;3-/m110/s1. The molecule has 0 radical (unpaired) electrons. The highest BCUT2D eigenvalue weighted by molar-refractivity contribution is 5.99. The number of ketones is 4. The van der Waals surface area contributed by atoms with Crippen molar-refractivity contribution in [3.05, 3.63) is 95.1 Å². The molecule has 12 atom stereocenters. The molecule has 4 aromatic rings. The van der Waals surface area contributed by atoms with Gasteiger partial charge in [0, 0.05) is 140 Å². The van der Waals surface area contributed by atoms with E-state index in [1.165, 1.54) is 249 Å². The summed E-state index contributed by atoms with van der Waals surface area (Å²) in [4.78, 5) is 191. The molecule has 135 heavy (non-hydrogen) atoms. The third kappa shape index (κ3) is 40.2. The van der Waals surface area contributed by atoms with Crippen molar-refractivity contribution >= 4 is 82.3 Å². The lowest BCUT2D eigenvalue weighted by Gasteiger charge is -2.30. The van der Waals surface area contributed by atoms with Crippen molar-refractivity contribution in [1.29, 1.82) is 0 Å². The number of fused-ring (bicyclic) bond motifs is 10. The normalized spacial score (nSPS) is 17.4. The number of unbranched alkanes of at least 4 members (excludes halogenated alkanes) is 24. The Balaban J connectivity index is 0.000000538. The Morgan fingerprint density at radius 3 is 1.03 bits per heavy atom. The molecule has 33 heteroatoms. The molecule has 2 aliphatic heterocycles. The van der Waals surface area contributed by atoms with Crippen molar-refractivity contribution < 1.29 is 113 Å². The largest absolute Gasteiger partial charge is 0.507 e. The Labute approximate surface area is 797 Å². The van der Waals surface area contributed by atoms with Crippen LogP contribution in [0.3, 0.4) is 0 Å². The molecule has 2 aliphatic rings. The van der Waals surface area contributed by atoms with Gasteiger partial charge in [-0.1, -0.05) is 206 Å². The van der Waals surface area contributed by atoms with E-state index < -0.39 is 156 Å². The van der Waals surface area contributed by atoms with Gasteiger partial charge in [-0.05, 0) is 111 Å². The topological polar surface area (TPSA) is 520 Å². The van der Waals surface area contributed by atoms with Crippen LogP contribution >= 0.6 is 0 Å². The van der Waals surface area contributed by atoms with Crippen LogP contribution in [0.1, 0.15) is 308 Å². The first-order valence-electron chi connectivity index (χ1n) is 48.6. The number of nitrogens with one attached hydrogen (secondary N) is 5. The van der Waals surface area contributed by atoms with Crippen molar-refractivity contribution in [3.8, 4) is 45.3 Å². The van der Waals surface area contributed by atoms with E-state index in [9.17, 15) is 108 Å². The van der Waals surface area contributed by atoms with Crippen molar-refractivity contribution in [1.82, 2.24) is 46.2 Å². The van der Waals surface area contributed by atoms with Gasteiger partial charge in [0.15, 0.2) is 23.1 Å². The zero-order chi connectivity index (χ0) is 101. The number of rotatable bonds is 51. The van der Waals surface area contributed by atoms with Crippen LogP contribution < -0.4 is 32.3 Å². The molecular formula is C102H156N10O23. The summed E-state index contributed by atoms with van der Waals surface area (Å²) in [6, 6.07) is 7.45. The number of carboxylic acids is 1. The number of aliphatic hydroxyl groups excluding tert-OH is 4. The lowest BCUT2D eigenvalue weighted by Crippen LogP contribution is -2.53. The van der Waals surface area contributed by atoms with E-state index >= 15 is 0 Å². The predicted octanol–water partition coefficient (Wildman–Crippen LogP) is 11.0. The molecule has 0 fully saturated rings. The first-order chi connectivity index (χ1) is 64.2. The number of hydrogen-bond acceptors (Lipinski definition) is 23. The van der Waals surface area contributed by atoms with E-state index in [-0.39, 0.29) is 139 Å². The van der Waals surface area contributed by atoms with Crippen molar-refractivity contribution in [2.45, 2.75) is 347 Å². The monoisotopic (exact) mass is 1890 g/mol. The third-order valence-electron chi connectivity index (χ3n) is 25.0. The van der Waals surface area contributed by atoms with Gasteiger partial charge in [-0.3, -0.25) is 62.3 Å². The van der Waals surface area contributed by atoms with Crippen molar-refractivity contribution in [3.63, 3.8) is 0 Å². The number of nitrogens with zero attached hydrogens (tertiary/aromatic N) is 4. The molecular weight excluding hydrogens is 1730 g/mol. The molecule has 33 nitrogen and oxygen atoms in total. The molecule has 8 bridgehead atoms. The number of carbonyl (C=O) groups is 14. The Hall–Kier alpha value is -10.7. The quantitative estimate of drug-likeness (QED) is 0.0183. The van der Waals surface area contributed by atoms with E-state index in [1.54, 1.807) is 19.1 Å². The summed E-state index contributed by atoms with van der Waals surface area (Å²) in [7, 11) is 5.61. The molecule has 0 unspecified atom stereocenters. The Morgan fingerprint density at radius 2 is 0.719 bits per heavy atom. The summed E-state index contributed by atoms with van der Waals surface area (Å²) in [6.07, 6.45) is 27.3. The van der Waals surface area contributed by atoms with Crippen LogP contribution in [0.4, 0.5) is 0 Å². The van der Waals surface area contributed by atoms with Gasteiger partial charge in [0.05, 0.1) is 37.5 Å². The number of Topliss-reactive ketones (excluding diaryl/α,β-unsaturated/α-hetero) is 4. The number of phenols is 4. The van der Waals surface area contributed by atoms with Gasteiger partial charge in [-0.25, -0.2) is 4.79 Å². The van der Waals surface area contributed by atoms with E-state index in [1.807, 2.05) is 0 Å². The minimum atomic E-state index is -1.36. The highest BCUT2D eigenvalue weighted by Crippen LogP contribution is 2.42. The number of likely N-dealkylation sites (N-methyl/N-ethyl adjacent to an activating group) is 4. The SMILES string of the molecule is CCCCCCCCCCCCCCCC(=O)N(C)[C@H](CO)C(=O)N[C@H](C)C(=O)CCC(=O)N(C)[C@@H]1C(=O)C[C@@H](C)C(=O)N[C@H](C(=O)NC[C@H](C)O)Cc2ccc(O)c(c2)-c2cc1ccc2O.CCCCCCCCCCCCCCCC(=O)N(C)[C@H](CO)C(=O)N[C@H](C)C(=O)CCC(=O)N(C)[C@@H]1C(=O)C[C@@H](C)C(=O)N[C@H](C(=O)O)Cc2ccc(O)c(c2)-c2cc1ccc2O.C[C@H](O)CN. The summed E-state index contributed by atoms with van der Waals surface area (Å²) in [5.41, 5.74) is 6.91. The maximum atomic E-state index is 14.2. The van der Waals surface area contributed by atoms with Gasteiger partial charge in [0.1, 0.15) is 59.2 Å². The summed E-state index contributed by atoms with van der Waals surface area (Å²) < 4.78 is 0. The average molecular weight is 1890 g/mol. The number of phenolic OH excluding ortho intramolecular Hbond substituents is 4. The number of benzene rings is 4. The molecule has 0 saturated heterocycles. The van der Waals surface area contributed by atoms with E-state index in [2.05, 4.69) is 40.4 Å². The number of carbonyl (C=O) groups excluding carboxylic acids is 13. The minimum Gasteiger partial charge on any atom is -0.507 e. The van der Waals surface area contributed by atoms with Gasteiger partial charge < -0.3 is 97.9 Å². The van der Waals surface area contributed by atoms with Gasteiger partial charge in [0.25, 0.3) is 0 Å². The van der Waals surface area contributed by atoms with Gasteiger partial charge in [-0.15, -0.1) is 0 Å². The second kappa shape index (κ2) is 62.1. The number of carboxylic acid groups (broad SMARTS) is 1. The van der Waals surface area contributed by atoms with Crippen LogP contribution in [0.25, 0.3) is 22.3 Å². The molecule has 0 spiro atoms. The number of aliphatic hydroxyl groups is 4. The number of aromatic hydroxyl groups is 4. The van der Waals surface area contributed by atoms with Crippen LogP contribution in [-0.2, 0) is 80.0 Å². The van der Waals surface area contributed by atoms with E-state index in [0.29, 0.717) is 30.5 Å². The van der Waals surface area contributed by atoms with Crippen LogP contribution in [0.5, 0.6) is 23.0 Å². The number of amides is 9. The highest BCUT2D eigenvalue weighted by atomic mass is 16.4. The Morgan fingerprint density at radius 1 is 0.415 bits per heavy atom. The van der Waals surface area contributed by atoms with Crippen LogP contribution in [-0.4, -0.2) is 251 Å². The minimum absolute atomic E-state index is 0.0228. The van der Waals surface area contributed by atoms with Gasteiger partial charge in [0.2, 0.25) is 53.2 Å². The molecule has 752 valence electrons. The second-order valence-corrected chi connectivity index (χ2v) is 36.5. The molecule has 4 aromatic carbocycles. The zero-order valence-corrected chi connectivity index (χ0v) is 81.7. The summed E-state index contributed by atoms with van der Waals surface area (Å²) >= 11 is 0. The first-order valence-corrected chi connectivity index (χ1v) is 48.6. The predicted molar refractivity (Wildman–Crippen MR) is 515 cm³/mol. The van der Waals surface area contributed by atoms with Crippen LogP contribution in [0.2, 0.25) is 0 Å². The van der Waals surface area contributed by atoms with E-state index in [4.69, 9.17) is 10.8 Å². The smallest absolute Gasteiger partial charge is 0.326 e. The molecule has 2 heterocycles. The summed E-state index contributed by atoms with van der Waals surface area (Å²) in [5, 5.41) is 104. The fraction of sp³-hybridized carbons (Fsp3) is 0.627. The molecule has 0 saturated carbocycles. The highest BCUT2D eigenvalue weighted by Gasteiger charge is 2.38. The zero-order valence-electron chi connectivity index (χ0n) is 81.7. The molecule has 16 N–H and O–H groups in total. The summed E-state index contributed by atoms with van der Waals surface area (Å²) in [6.45, 7) is 12.4. The van der Waals surface area contributed by atoms with Crippen molar-refractivity contribution in [2.24, 2.45) is 17.6 Å². The fourth-order valence-corrected chi connectivity index (χ4v) is 16.2. The number of hydrogen-bond donors (Lipinski definition) is 15. The lowest BCUT2D eigenvalue weighted by atomic mass is 9.89. The van der Waals surface area contributed by atoms with E-state index in [0.717, 1.165) is 48.3 Å². The van der Waals surface area contributed by atoms with Gasteiger partial charge >= 0.3 is 5.97 Å². The second-order valence-electron chi connectivity index (χ2n) is 36.5. The third-order valence-corrected chi connectivity index (χ3v) is 25.0. The first kappa shape index (κ1) is 117. The van der Waals surface area contributed by atoms with Gasteiger partial charge in [-0.2, -0.15) is 0 Å². The van der Waals surface area contributed by atoms with Crippen LogP contribution in [0, 0.1) is 11.8 Å². The Kier molecular flexibility index (Phi) is 53.6. The maximum Gasteiger partial charge on any atom is 0.326 e.